The summed E-state index contributed by atoms with van der Waals surface area (Å²) < 4.78 is 5.40. The molecule has 0 radical (unpaired) electrons. The normalized spacial score (nSPS) is 12.0. The molecule has 0 fully saturated rings. The highest BCUT2D eigenvalue weighted by Gasteiger charge is 2.09. The summed E-state index contributed by atoms with van der Waals surface area (Å²) in [7, 11) is 0. The van der Waals surface area contributed by atoms with Gasteiger partial charge >= 0.3 is 5.97 Å². The van der Waals surface area contributed by atoms with Crippen molar-refractivity contribution in [1.82, 2.24) is 0 Å². The van der Waals surface area contributed by atoms with Crippen LogP contribution < -0.4 is 0 Å². The third-order valence-corrected chi connectivity index (χ3v) is 3.21. The zero-order chi connectivity index (χ0) is 16.9. The van der Waals surface area contributed by atoms with Crippen LogP contribution in [0.5, 0.6) is 0 Å². The van der Waals surface area contributed by atoms with Crippen LogP contribution in [-0.2, 0) is 14.4 Å². The van der Waals surface area contributed by atoms with Crippen LogP contribution in [0.25, 0.3) is 6.08 Å². The maximum Gasteiger partial charge on any atom is 0.306 e. The Morgan fingerprint density at radius 2 is 2.00 bits per heavy atom. The van der Waals surface area contributed by atoms with Gasteiger partial charge in [0.15, 0.2) is 0 Å². The van der Waals surface area contributed by atoms with E-state index in [1.807, 2.05) is 49.4 Å². The first-order valence-electron chi connectivity index (χ1n) is 7.82. The van der Waals surface area contributed by atoms with Gasteiger partial charge in [0.25, 0.3) is 5.09 Å². The van der Waals surface area contributed by atoms with Gasteiger partial charge < -0.3 is 9.57 Å². The quantitative estimate of drug-likeness (QED) is 0.268. The monoisotopic (exact) mass is 321 g/mol. The number of rotatable bonds is 11. The van der Waals surface area contributed by atoms with Crippen molar-refractivity contribution in [3.63, 3.8) is 0 Å². The molecule has 6 nitrogen and oxygen atoms in total. The van der Waals surface area contributed by atoms with Gasteiger partial charge in [-0.15, -0.1) is 10.1 Å². The topological polar surface area (TPSA) is 78.7 Å². The number of esters is 1. The van der Waals surface area contributed by atoms with Crippen LogP contribution in [0.2, 0.25) is 0 Å². The summed E-state index contributed by atoms with van der Waals surface area (Å²) in [5.74, 6) is -0.246. The predicted octanol–water partition coefficient (Wildman–Crippen LogP) is 3.79. The summed E-state index contributed by atoms with van der Waals surface area (Å²) in [6.07, 6.45) is 6.51. The maximum atomic E-state index is 11.8. The SMILES string of the molecule is CCC(/C=C/c1ccccc1)OC(=O)CCCCCO[N+](=O)[O-]. The standard InChI is InChI=1S/C17H23NO5/c1-2-16(13-12-15-9-5-3-6-10-15)23-17(19)11-7-4-8-14-22-18(20)21/h3,5-6,9-10,12-13,16H,2,4,7-8,11,14H2,1H3/b13-12+. The minimum Gasteiger partial charge on any atom is -0.458 e. The summed E-state index contributed by atoms with van der Waals surface area (Å²) in [6.45, 7) is 2.03. The Labute approximate surface area is 136 Å². The van der Waals surface area contributed by atoms with Crippen LogP contribution in [0, 0.1) is 10.1 Å². The molecule has 126 valence electrons. The Kier molecular flexibility index (Phi) is 9.12. The lowest BCUT2D eigenvalue weighted by molar-refractivity contribution is -0.757. The van der Waals surface area contributed by atoms with E-state index in [2.05, 4.69) is 4.84 Å². The first kappa shape index (κ1) is 18.7. The van der Waals surface area contributed by atoms with E-state index in [1.165, 1.54) is 0 Å². The Hall–Kier alpha value is -2.37. The van der Waals surface area contributed by atoms with Crippen molar-refractivity contribution in [2.75, 3.05) is 6.61 Å². The van der Waals surface area contributed by atoms with Crippen LogP contribution in [0.1, 0.15) is 44.6 Å². The van der Waals surface area contributed by atoms with Crippen LogP contribution >= 0.6 is 0 Å². The van der Waals surface area contributed by atoms with Crippen LogP contribution in [-0.4, -0.2) is 23.8 Å². The average molecular weight is 321 g/mol. The van der Waals surface area contributed by atoms with E-state index in [4.69, 9.17) is 4.74 Å². The minimum absolute atomic E-state index is 0.0689. The van der Waals surface area contributed by atoms with Crippen molar-refractivity contribution in [2.45, 2.75) is 45.1 Å². The van der Waals surface area contributed by atoms with Gasteiger partial charge in [0.05, 0.1) is 6.61 Å². The van der Waals surface area contributed by atoms with E-state index in [1.54, 1.807) is 0 Å². The molecule has 0 saturated heterocycles. The molecule has 1 aromatic rings. The fourth-order valence-corrected chi connectivity index (χ4v) is 1.96. The number of unbranched alkanes of at least 4 members (excludes halogenated alkanes) is 2. The lowest BCUT2D eigenvalue weighted by Gasteiger charge is -2.12. The van der Waals surface area contributed by atoms with Gasteiger partial charge in [-0.1, -0.05) is 49.8 Å². The van der Waals surface area contributed by atoms with Crippen molar-refractivity contribution in [3.05, 3.63) is 52.1 Å². The molecule has 0 aliphatic carbocycles. The highest BCUT2D eigenvalue weighted by atomic mass is 16.9. The molecule has 6 heteroatoms. The van der Waals surface area contributed by atoms with Crippen molar-refractivity contribution >= 4 is 12.0 Å². The summed E-state index contributed by atoms with van der Waals surface area (Å²) >= 11 is 0. The number of benzene rings is 1. The predicted molar refractivity (Wildman–Crippen MR) is 87.1 cm³/mol. The van der Waals surface area contributed by atoms with E-state index in [0.717, 1.165) is 5.56 Å². The van der Waals surface area contributed by atoms with E-state index >= 15 is 0 Å². The third-order valence-electron chi connectivity index (χ3n) is 3.21. The van der Waals surface area contributed by atoms with Crippen molar-refractivity contribution in [2.24, 2.45) is 0 Å². The number of hydrogen-bond donors (Lipinski definition) is 0. The zero-order valence-corrected chi connectivity index (χ0v) is 13.3. The van der Waals surface area contributed by atoms with E-state index in [0.29, 0.717) is 32.1 Å². The van der Waals surface area contributed by atoms with Crippen LogP contribution in [0.3, 0.4) is 0 Å². The van der Waals surface area contributed by atoms with Crippen LogP contribution in [0.4, 0.5) is 0 Å². The molecular formula is C17H23NO5. The Bertz CT molecular complexity index is 501. The molecule has 0 aromatic heterocycles. The van der Waals surface area contributed by atoms with Gasteiger partial charge in [-0.25, -0.2) is 0 Å². The molecule has 0 bridgehead atoms. The number of hydrogen-bond acceptors (Lipinski definition) is 5. The number of nitrogens with zero attached hydrogens (tertiary/aromatic N) is 1. The largest absolute Gasteiger partial charge is 0.458 e. The summed E-state index contributed by atoms with van der Waals surface area (Å²) in [6, 6.07) is 9.83. The molecule has 0 spiro atoms. The first-order valence-corrected chi connectivity index (χ1v) is 7.82. The molecular weight excluding hydrogens is 298 g/mol. The molecule has 1 aromatic carbocycles. The molecule has 0 amide bonds. The average Bonchev–Trinajstić information content (AvgIpc) is 2.55. The summed E-state index contributed by atoms with van der Waals surface area (Å²) in [5, 5.41) is 9.16. The fourth-order valence-electron chi connectivity index (χ4n) is 1.96. The molecule has 0 saturated carbocycles. The van der Waals surface area contributed by atoms with Gasteiger partial charge in [-0.2, -0.15) is 0 Å². The smallest absolute Gasteiger partial charge is 0.306 e. The fraction of sp³-hybridized carbons (Fsp3) is 0.471. The number of ether oxygens (including phenoxy) is 1. The van der Waals surface area contributed by atoms with Crippen LogP contribution in [0.15, 0.2) is 36.4 Å². The van der Waals surface area contributed by atoms with Crippen molar-refractivity contribution in [1.29, 1.82) is 0 Å². The van der Waals surface area contributed by atoms with E-state index in [-0.39, 0.29) is 18.7 Å². The highest BCUT2D eigenvalue weighted by molar-refractivity contribution is 5.69. The minimum atomic E-state index is -0.806. The Morgan fingerprint density at radius 3 is 2.65 bits per heavy atom. The van der Waals surface area contributed by atoms with Gasteiger partial charge in [0.2, 0.25) is 0 Å². The molecule has 0 aliphatic heterocycles. The van der Waals surface area contributed by atoms with E-state index in [9.17, 15) is 14.9 Å². The second-order valence-electron chi connectivity index (χ2n) is 5.07. The van der Waals surface area contributed by atoms with Gasteiger partial charge in [-0.3, -0.25) is 4.79 Å². The number of carbonyl (C=O) groups excluding carboxylic acids is 1. The summed E-state index contributed by atoms with van der Waals surface area (Å²) in [4.78, 5) is 25.9. The lowest BCUT2D eigenvalue weighted by atomic mass is 10.1. The molecule has 23 heavy (non-hydrogen) atoms. The molecule has 1 rings (SSSR count). The lowest BCUT2D eigenvalue weighted by Crippen LogP contribution is -2.15. The van der Waals surface area contributed by atoms with Crippen molar-refractivity contribution in [3.8, 4) is 0 Å². The second kappa shape index (κ2) is 11.2. The molecule has 1 unspecified atom stereocenters. The second-order valence-corrected chi connectivity index (χ2v) is 5.07. The molecule has 0 heterocycles. The highest BCUT2D eigenvalue weighted by Crippen LogP contribution is 2.09. The Balaban J connectivity index is 2.23. The molecule has 0 N–H and O–H groups in total. The molecule has 1 atom stereocenters. The van der Waals surface area contributed by atoms with E-state index < -0.39 is 5.09 Å². The summed E-state index contributed by atoms with van der Waals surface area (Å²) in [5.41, 5.74) is 1.06. The van der Waals surface area contributed by atoms with Gasteiger partial charge in [0, 0.05) is 6.42 Å². The van der Waals surface area contributed by atoms with Gasteiger partial charge in [-0.05, 0) is 30.9 Å². The Morgan fingerprint density at radius 1 is 1.26 bits per heavy atom. The third kappa shape index (κ3) is 9.29. The maximum absolute atomic E-state index is 11.8. The molecule has 0 aliphatic rings. The van der Waals surface area contributed by atoms with Gasteiger partial charge in [0.1, 0.15) is 6.10 Å². The zero-order valence-electron chi connectivity index (χ0n) is 13.3. The number of carbonyl (C=O) groups is 1. The van der Waals surface area contributed by atoms with Crippen molar-refractivity contribution < 1.29 is 19.5 Å². The first-order chi connectivity index (χ1) is 11.1.